The second-order valence-corrected chi connectivity index (χ2v) is 7.79. The van der Waals surface area contributed by atoms with Gasteiger partial charge in [-0.1, -0.05) is 54.6 Å². The van der Waals surface area contributed by atoms with Gasteiger partial charge in [0.1, 0.15) is 24.2 Å². The second-order valence-electron chi connectivity index (χ2n) is 7.79. The highest BCUT2D eigenvalue weighted by atomic mass is 16.5. The lowest BCUT2D eigenvalue weighted by Crippen LogP contribution is -2.48. The third kappa shape index (κ3) is 3.27. The Morgan fingerprint density at radius 1 is 1.06 bits per heavy atom. The lowest BCUT2D eigenvalue weighted by molar-refractivity contribution is -0.133. The summed E-state index contributed by atoms with van der Waals surface area (Å²) in [6, 6.07) is 20.2. The van der Waals surface area contributed by atoms with Gasteiger partial charge in [-0.15, -0.1) is 0 Å². The fourth-order valence-corrected chi connectivity index (χ4v) is 4.31. The number of β-amino-alcohol motifs (C(OH)–C–C–N with tert-alkyl or cyclic N) is 1. The van der Waals surface area contributed by atoms with Crippen LogP contribution in [0.5, 0.6) is 11.5 Å². The number of aliphatic hydroxyl groups is 1. The van der Waals surface area contributed by atoms with E-state index in [-0.39, 0.29) is 19.1 Å². The molecule has 1 saturated heterocycles. The molecule has 2 aliphatic rings. The van der Waals surface area contributed by atoms with E-state index in [1.165, 1.54) is 0 Å². The van der Waals surface area contributed by atoms with E-state index < -0.39 is 17.7 Å². The van der Waals surface area contributed by atoms with E-state index in [0.717, 1.165) is 15.7 Å². The van der Waals surface area contributed by atoms with Gasteiger partial charge < -0.3 is 19.9 Å². The molecule has 0 radical (unpaired) electrons. The average Bonchev–Trinajstić information content (AvgIpc) is 3.02. The van der Waals surface area contributed by atoms with Gasteiger partial charge >= 0.3 is 6.03 Å². The van der Waals surface area contributed by atoms with Crippen molar-refractivity contribution in [2.45, 2.75) is 18.1 Å². The Hall–Kier alpha value is -3.58. The number of benzene rings is 3. The van der Waals surface area contributed by atoms with Crippen molar-refractivity contribution in [1.29, 1.82) is 0 Å². The molecule has 0 aromatic heterocycles. The lowest BCUT2D eigenvalue weighted by atomic mass is 9.84. The highest BCUT2D eigenvalue weighted by Crippen LogP contribution is 2.41. The molecule has 2 N–H and O–H groups in total. The number of para-hydroxylation sites is 1. The zero-order valence-electron chi connectivity index (χ0n) is 16.8. The molecule has 0 bridgehead atoms. The number of ether oxygens (including phenoxy) is 2. The van der Waals surface area contributed by atoms with Gasteiger partial charge in [0.15, 0.2) is 5.54 Å². The Morgan fingerprint density at radius 2 is 1.84 bits per heavy atom. The summed E-state index contributed by atoms with van der Waals surface area (Å²) in [5.74, 6) is 0.853. The zero-order valence-corrected chi connectivity index (χ0v) is 16.8. The van der Waals surface area contributed by atoms with Gasteiger partial charge in [-0.3, -0.25) is 9.69 Å². The zero-order chi connectivity index (χ0) is 21.4. The van der Waals surface area contributed by atoms with Crippen LogP contribution in [0.1, 0.15) is 12.0 Å². The van der Waals surface area contributed by atoms with Crippen LogP contribution in [0, 0.1) is 0 Å². The molecule has 2 heterocycles. The fourth-order valence-electron chi connectivity index (χ4n) is 4.31. The molecule has 3 aromatic carbocycles. The number of nitrogens with zero attached hydrogens (tertiary/aromatic N) is 1. The minimum atomic E-state index is -1.15. The standard InChI is InChI=1S/C24H22N2O5/c27-17(15-31-20-11-5-7-16-6-1-2-8-18(16)20)14-26-22(28)24(25-23(26)29)12-13-30-21-10-4-3-9-19(21)24/h1-11,17,27H,12-15H2,(H,25,29)/t17-,24-/m0/s1. The van der Waals surface area contributed by atoms with Crippen molar-refractivity contribution in [1.82, 2.24) is 10.2 Å². The van der Waals surface area contributed by atoms with E-state index in [1.807, 2.05) is 54.6 Å². The van der Waals surface area contributed by atoms with Crippen molar-refractivity contribution in [2.24, 2.45) is 0 Å². The Balaban J connectivity index is 1.30. The van der Waals surface area contributed by atoms with Gasteiger partial charge in [0, 0.05) is 17.4 Å². The normalized spacial score (nSPS) is 21.0. The third-order valence-corrected chi connectivity index (χ3v) is 5.83. The molecule has 2 atom stereocenters. The second kappa shape index (κ2) is 7.59. The van der Waals surface area contributed by atoms with E-state index in [9.17, 15) is 14.7 Å². The Morgan fingerprint density at radius 3 is 2.74 bits per heavy atom. The topological polar surface area (TPSA) is 88.1 Å². The first-order chi connectivity index (χ1) is 15.1. The molecule has 7 nitrogen and oxygen atoms in total. The number of carbonyl (C=O) groups excluding carboxylic acids is 2. The number of fused-ring (bicyclic) bond motifs is 3. The molecule has 0 aliphatic carbocycles. The molecule has 3 amide bonds. The SMILES string of the molecule is O=C1N[C@]2(CCOc3ccccc32)C(=O)N1C[C@H](O)COc1cccc2ccccc12. The molecular weight excluding hydrogens is 396 g/mol. The summed E-state index contributed by atoms with van der Waals surface area (Å²) < 4.78 is 11.5. The van der Waals surface area contributed by atoms with E-state index in [2.05, 4.69) is 5.32 Å². The average molecular weight is 418 g/mol. The first-order valence-electron chi connectivity index (χ1n) is 10.2. The van der Waals surface area contributed by atoms with Crippen LogP contribution < -0.4 is 14.8 Å². The molecule has 158 valence electrons. The molecule has 0 unspecified atom stereocenters. The minimum absolute atomic E-state index is 0.0439. The molecule has 1 fully saturated rings. The van der Waals surface area contributed by atoms with Crippen molar-refractivity contribution < 1.29 is 24.2 Å². The van der Waals surface area contributed by atoms with Crippen LogP contribution in [0.3, 0.4) is 0 Å². The maximum absolute atomic E-state index is 13.3. The van der Waals surface area contributed by atoms with Gasteiger partial charge in [0.05, 0.1) is 13.2 Å². The summed E-state index contributed by atoms with van der Waals surface area (Å²) in [5.41, 5.74) is -0.508. The van der Waals surface area contributed by atoms with Gasteiger partial charge in [0.25, 0.3) is 5.91 Å². The van der Waals surface area contributed by atoms with Crippen molar-refractivity contribution in [3.05, 3.63) is 72.3 Å². The molecule has 0 saturated carbocycles. The first kappa shape index (κ1) is 19.4. The van der Waals surface area contributed by atoms with Crippen molar-refractivity contribution in [3.8, 4) is 11.5 Å². The molecule has 1 spiro atoms. The predicted octanol–water partition coefficient (Wildman–Crippen LogP) is 2.81. The summed E-state index contributed by atoms with van der Waals surface area (Å²) in [6.07, 6.45) is -0.688. The predicted molar refractivity (Wildman–Crippen MR) is 114 cm³/mol. The summed E-state index contributed by atoms with van der Waals surface area (Å²) in [5, 5.41) is 15.3. The number of urea groups is 1. The van der Waals surface area contributed by atoms with E-state index in [0.29, 0.717) is 30.1 Å². The smallest absolute Gasteiger partial charge is 0.325 e. The number of carbonyl (C=O) groups is 2. The number of aliphatic hydroxyl groups excluding tert-OH is 1. The van der Waals surface area contributed by atoms with Crippen LogP contribution >= 0.6 is 0 Å². The lowest BCUT2D eigenvalue weighted by Gasteiger charge is -2.33. The molecule has 2 aliphatic heterocycles. The van der Waals surface area contributed by atoms with Gasteiger partial charge in [-0.2, -0.15) is 0 Å². The van der Waals surface area contributed by atoms with E-state index >= 15 is 0 Å². The molecular formula is C24H22N2O5. The summed E-state index contributed by atoms with van der Waals surface area (Å²) in [4.78, 5) is 27.0. The van der Waals surface area contributed by atoms with Gasteiger partial charge in [0.2, 0.25) is 0 Å². The highest BCUT2D eigenvalue weighted by molar-refractivity contribution is 6.08. The summed E-state index contributed by atoms with van der Waals surface area (Å²) >= 11 is 0. The molecule has 5 rings (SSSR count). The number of rotatable bonds is 5. The summed E-state index contributed by atoms with van der Waals surface area (Å²) in [6.45, 7) is 0.127. The monoisotopic (exact) mass is 418 g/mol. The number of imide groups is 1. The minimum Gasteiger partial charge on any atom is -0.493 e. The maximum Gasteiger partial charge on any atom is 0.325 e. The van der Waals surface area contributed by atoms with Crippen LogP contribution in [0.2, 0.25) is 0 Å². The number of amides is 3. The Kier molecular flexibility index (Phi) is 4.75. The van der Waals surface area contributed by atoms with Crippen molar-refractivity contribution in [3.63, 3.8) is 0 Å². The van der Waals surface area contributed by atoms with Crippen molar-refractivity contribution >= 4 is 22.7 Å². The highest BCUT2D eigenvalue weighted by Gasteiger charge is 2.55. The molecule has 7 heteroatoms. The van der Waals surface area contributed by atoms with Gasteiger partial charge in [-0.25, -0.2) is 4.79 Å². The number of hydrogen-bond donors (Lipinski definition) is 2. The summed E-state index contributed by atoms with van der Waals surface area (Å²) in [7, 11) is 0. The van der Waals surface area contributed by atoms with E-state index in [4.69, 9.17) is 9.47 Å². The Bertz CT molecular complexity index is 1160. The van der Waals surface area contributed by atoms with Crippen LogP contribution in [-0.4, -0.2) is 47.8 Å². The number of hydrogen-bond acceptors (Lipinski definition) is 5. The maximum atomic E-state index is 13.3. The van der Waals surface area contributed by atoms with Crippen LogP contribution in [0.4, 0.5) is 4.79 Å². The van der Waals surface area contributed by atoms with Crippen LogP contribution in [-0.2, 0) is 10.3 Å². The van der Waals surface area contributed by atoms with Crippen LogP contribution in [0.25, 0.3) is 10.8 Å². The fraction of sp³-hybridized carbons (Fsp3) is 0.250. The quantitative estimate of drug-likeness (QED) is 0.622. The third-order valence-electron chi connectivity index (χ3n) is 5.83. The van der Waals surface area contributed by atoms with E-state index in [1.54, 1.807) is 12.1 Å². The van der Waals surface area contributed by atoms with Crippen LogP contribution in [0.15, 0.2) is 66.7 Å². The van der Waals surface area contributed by atoms with Gasteiger partial charge in [-0.05, 0) is 17.5 Å². The van der Waals surface area contributed by atoms with Crippen molar-refractivity contribution in [2.75, 3.05) is 19.8 Å². The molecule has 3 aromatic rings. The number of nitrogens with one attached hydrogen (secondary N) is 1. The first-order valence-corrected chi connectivity index (χ1v) is 10.2. The Labute approximate surface area is 179 Å². The molecule has 31 heavy (non-hydrogen) atoms. The largest absolute Gasteiger partial charge is 0.493 e.